The lowest BCUT2D eigenvalue weighted by atomic mass is 9.94. The molecule has 106 valence electrons. The number of ether oxygens (including phenoxy) is 1. The number of nitrogen functional groups attached to an aromatic ring is 1. The Morgan fingerprint density at radius 3 is 2.63 bits per heavy atom. The first-order chi connectivity index (χ1) is 8.71. The first-order valence-corrected chi connectivity index (χ1v) is 6.75. The molecule has 0 aliphatic carbocycles. The predicted octanol–water partition coefficient (Wildman–Crippen LogP) is 2.34. The van der Waals surface area contributed by atoms with E-state index in [-0.39, 0.29) is 17.1 Å². The van der Waals surface area contributed by atoms with Crippen LogP contribution < -0.4 is 11.1 Å². The molecule has 0 spiro atoms. The second kappa shape index (κ2) is 4.63. The molecule has 1 aliphatic heterocycles. The average molecular weight is 264 g/mol. The van der Waals surface area contributed by atoms with Gasteiger partial charge in [0, 0.05) is 18.1 Å². The van der Waals surface area contributed by atoms with Gasteiger partial charge in [-0.3, -0.25) is 0 Å². The van der Waals surface area contributed by atoms with Crippen LogP contribution in [0.15, 0.2) is 6.07 Å². The zero-order valence-electron chi connectivity index (χ0n) is 12.4. The Balaban J connectivity index is 2.28. The SMILES string of the molecule is CC1OCCC1(C)Nc1cc(N)nc(C(C)(C)C)n1. The largest absolute Gasteiger partial charge is 0.384 e. The quantitative estimate of drug-likeness (QED) is 0.857. The van der Waals surface area contributed by atoms with Gasteiger partial charge in [-0.15, -0.1) is 0 Å². The van der Waals surface area contributed by atoms with Crippen molar-refractivity contribution in [3.8, 4) is 0 Å². The lowest BCUT2D eigenvalue weighted by molar-refractivity contribution is 0.105. The highest BCUT2D eigenvalue weighted by molar-refractivity contribution is 5.47. The Hall–Kier alpha value is -1.36. The van der Waals surface area contributed by atoms with Gasteiger partial charge in [0.15, 0.2) is 0 Å². The van der Waals surface area contributed by atoms with Crippen LogP contribution in [0.1, 0.15) is 46.9 Å². The predicted molar refractivity (Wildman–Crippen MR) is 77.2 cm³/mol. The lowest BCUT2D eigenvalue weighted by Crippen LogP contribution is -2.41. The van der Waals surface area contributed by atoms with Crippen LogP contribution in [0.5, 0.6) is 0 Å². The Morgan fingerprint density at radius 2 is 2.11 bits per heavy atom. The van der Waals surface area contributed by atoms with Crippen molar-refractivity contribution in [1.82, 2.24) is 9.97 Å². The fourth-order valence-electron chi connectivity index (χ4n) is 2.16. The van der Waals surface area contributed by atoms with E-state index in [1.807, 2.05) is 0 Å². The Bertz CT molecular complexity index is 469. The summed E-state index contributed by atoms with van der Waals surface area (Å²) in [5.74, 6) is 2.03. The standard InChI is InChI=1S/C14H24N4O/c1-9-14(5,6-7-19-9)18-11-8-10(15)16-12(17-11)13(2,3)4/h8-9H,6-7H2,1-5H3,(H3,15,16,17,18). The molecule has 19 heavy (non-hydrogen) atoms. The van der Waals surface area contributed by atoms with Crippen molar-refractivity contribution in [2.75, 3.05) is 17.7 Å². The van der Waals surface area contributed by atoms with E-state index in [9.17, 15) is 0 Å². The molecular formula is C14H24N4O. The summed E-state index contributed by atoms with van der Waals surface area (Å²) >= 11 is 0. The molecule has 5 nitrogen and oxygen atoms in total. The molecule has 0 amide bonds. The number of anilines is 2. The molecule has 1 aliphatic rings. The van der Waals surface area contributed by atoms with Gasteiger partial charge in [0.1, 0.15) is 17.5 Å². The maximum Gasteiger partial charge on any atom is 0.138 e. The fourth-order valence-corrected chi connectivity index (χ4v) is 2.16. The molecule has 0 radical (unpaired) electrons. The van der Waals surface area contributed by atoms with E-state index in [2.05, 4.69) is 49.9 Å². The van der Waals surface area contributed by atoms with Gasteiger partial charge in [-0.25, -0.2) is 9.97 Å². The summed E-state index contributed by atoms with van der Waals surface area (Å²) in [6.07, 6.45) is 1.12. The maximum absolute atomic E-state index is 5.89. The number of hydrogen-bond donors (Lipinski definition) is 2. The number of nitrogens with zero attached hydrogens (tertiary/aromatic N) is 2. The Morgan fingerprint density at radius 1 is 1.42 bits per heavy atom. The Kier molecular flexibility index (Phi) is 3.43. The van der Waals surface area contributed by atoms with Crippen molar-refractivity contribution in [3.05, 3.63) is 11.9 Å². The van der Waals surface area contributed by atoms with Gasteiger partial charge < -0.3 is 15.8 Å². The van der Waals surface area contributed by atoms with Crippen LogP contribution in [0.25, 0.3) is 0 Å². The minimum atomic E-state index is -0.121. The first kappa shape index (κ1) is 14.1. The maximum atomic E-state index is 5.89. The molecule has 2 atom stereocenters. The average Bonchev–Trinajstić information content (AvgIpc) is 2.56. The van der Waals surface area contributed by atoms with Gasteiger partial charge in [0.05, 0.1) is 11.6 Å². The number of aromatic nitrogens is 2. The van der Waals surface area contributed by atoms with E-state index >= 15 is 0 Å². The number of nitrogens with two attached hydrogens (primary N) is 1. The molecule has 2 rings (SSSR count). The molecule has 3 N–H and O–H groups in total. The summed E-state index contributed by atoms with van der Waals surface area (Å²) < 4.78 is 5.63. The molecule has 1 fully saturated rings. The summed E-state index contributed by atoms with van der Waals surface area (Å²) in [7, 11) is 0. The topological polar surface area (TPSA) is 73.1 Å². The molecule has 0 bridgehead atoms. The van der Waals surface area contributed by atoms with E-state index < -0.39 is 0 Å². The number of hydrogen-bond acceptors (Lipinski definition) is 5. The number of rotatable bonds is 2. The van der Waals surface area contributed by atoms with Gasteiger partial charge >= 0.3 is 0 Å². The van der Waals surface area contributed by atoms with Gasteiger partial charge in [-0.2, -0.15) is 0 Å². The molecule has 2 heterocycles. The van der Waals surface area contributed by atoms with Crippen molar-refractivity contribution >= 4 is 11.6 Å². The van der Waals surface area contributed by atoms with Crippen LogP contribution >= 0.6 is 0 Å². The molecule has 1 aromatic heterocycles. The highest BCUT2D eigenvalue weighted by Crippen LogP contribution is 2.30. The normalized spacial score (nSPS) is 27.5. The summed E-state index contributed by atoms with van der Waals surface area (Å²) in [4.78, 5) is 8.91. The zero-order chi connectivity index (χ0) is 14.3. The third-order valence-electron chi connectivity index (χ3n) is 3.72. The van der Waals surface area contributed by atoms with E-state index in [1.165, 1.54) is 0 Å². The van der Waals surface area contributed by atoms with Gasteiger partial charge in [0.2, 0.25) is 0 Å². The monoisotopic (exact) mass is 264 g/mol. The summed E-state index contributed by atoms with van der Waals surface area (Å²) in [6.45, 7) is 11.2. The van der Waals surface area contributed by atoms with E-state index in [0.717, 1.165) is 24.7 Å². The molecule has 5 heteroatoms. The van der Waals surface area contributed by atoms with Crippen LogP contribution in [-0.2, 0) is 10.2 Å². The van der Waals surface area contributed by atoms with Gasteiger partial charge in [0.25, 0.3) is 0 Å². The smallest absolute Gasteiger partial charge is 0.138 e. The highest BCUT2D eigenvalue weighted by atomic mass is 16.5. The van der Waals surface area contributed by atoms with Crippen LogP contribution in [0.3, 0.4) is 0 Å². The van der Waals surface area contributed by atoms with Crippen LogP contribution in [0.4, 0.5) is 11.6 Å². The molecule has 1 saturated heterocycles. The molecule has 0 saturated carbocycles. The van der Waals surface area contributed by atoms with Crippen molar-refractivity contribution in [2.24, 2.45) is 0 Å². The zero-order valence-corrected chi connectivity index (χ0v) is 12.4. The van der Waals surface area contributed by atoms with Crippen molar-refractivity contribution in [1.29, 1.82) is 0 Å². The lowest BCUT2D eigenvalue weighted by Gasteiger charge is -2.30. The molecular weight excluding hydrogens is 240 g/mol. The van der Waals surface area contributed by atoms with Crippen molar-refractivity contribution < 1.29 is 4.74 Å². The van der Waals surface area contributed by atoms with E-state index in [4.69, 9.17) is 10.5 Å². The van der Waals surface area contributed by atoms with E-state index in [1.54, 1.807) is 6.07 Å². The first-order valence-electron chi connectivity index (χ1n) is 6.75. The second-order valence-corrected chi connectivity index (χ2v) is 6.56. The van der Waals surface area contributed by atoms with E-state index in [0.29, 0.717) is 5.82 Å². The molecule has 0 aromatic carbocycles. The van der Waals surface area contributed by atoms with Crippen LogP contribution in [-0.4, -0.2) is 28.2 Å². The minimum absolute atomic E-state index is 0.101. The van der Waals surface area contributed by atoms with Crippen molar-refractivity contribution in [2.45, 2.75) is 58.1 Å². The summed E-state index contributed by atoms with van der Waals surface area (Å²) in [6, 6.07) is 1.78. The number of nitrogens with one attached hydrogen (secondary N) is 1. The highest BCUT2D eigenvalue weighted by Gasteiger charge is 2.37. The third kappa shape index (κ3) is 2.97. The minimum Gasteiger partial charge on any atom is -0.384 e. The summed E-state index contributed by atoms with van der Waals surface area (Å²) in [5.41, 5.74) is 5.66. The van der Waals surface area contributed by atoms with Crippen LogP contribution in [0.2, 0.25) is 0 Å². The summed E-state index contributed by atoms with van der Waals surface area (Å²) in [5, 5.41) is 3.46. The molecule has 1 aromatic rings. The second-order valence-electron chi connectivity index (χ2n) is 6.56. The molecule has 2 unspecified atom stereocenters. The van der Waals surface area contributed by atoms with Crippen molar-refractivity contribution in [3.63, 3.8) is 0 Å². The van der Waals surface area contributed by atoms with Crippen LogP contribution in [0, 0.1) is 0 Å². The van der Waals surface area contributed by atoms with Gasteiger partial charge in [-0.1, -0.05) is 20.8 Å². The third-order valence-corrected chi connectivity index (χ3v) is 3.72. The Labute approximate surface area is 115 Å². The van der Waals surface area contributed by atoms with Gasteiger partial charge in [-0.05, 0) is 20.3 Å². The fraction of sp³-hybridized carbons (Fsp3) is 0.714.